The van der Waals surface area contributed by atoms with Gasteiger partial charge < -0.3 is 4.74 Å². The van der Waals surface area contributed by atoms with Gasteiger partial charge in [0.1, 0.15) is 28.7 Å². The summed E-state index contributed by atoms with van der Waals surface area (Å²) >= 11 is 0. The second kappa shape index (κ2) is 6.98. The van der Waals surface area contributed by atoms with E-state index in [-0.39, 0.29) is 16.1 Å². The summed E-state index contributed by atoms with van der Waals surface area (Å²) < 4.78 is 47.2. The molecule has 0 spiro atoms. The third kappa shape index (κ3) is 3.17. The summed E-state index contributed by atoms with van der Waals surface area (Å²) in [6, 6.07) is 11.5. The number of nitriles is 1. The predicted octanol–water partition coefficient (Wildman–Crippen LogP) is 3.45. The first-order chi connectivity index (χ1) is 12.5. The van der Waals surface area contributed by atoms with Crippen molar-refractivity contribution in [1.29, 1.82) is 5.26 Å². The van der Waals surface area contributed by atoms with E-state index in [1.54, 1.807) is 18.2 Å². The molecule has 0 aliphatic rings. The quantitative estimate of drug-likeness (QED) is 0.742. The van der Waals surface area contributed by atoms with Gasteiger partial charge >= 0.3 is 0 Å². The largest absolute Gasteiger partial charge is 0.492 e. The molecule has 0 amide bonds. The molecule has 1 heterocycles. The fourth-order valence-corrected chi connectivity index (χ4v) is 3.82. The molecule has 0 fully saturated rings. The molecule has 3 aromatic rings. The molecule has 132 valence electrons. The zero-order valence-electron chi connectivity index (χ0n) is 13.7. The minimum absolute atomic E-state index is 0.0443. The van der Waals surface area contributed by atoms with Crippen molar-refractivity contribution in [2.45, 2.75) is 11.8 Å². The van der Waals surface area contributed by atoms with Crippen LogP contribution in [0.1, 0.15) is 12.5 Å². The van der Waals surface area contributed by atoms with Crippen molar-refractivity contribution < 1.29 is 17.5 Å². The monoisotopic (exact) mass is 371 g/mol. The van der Waals surface area contributed by atoms with E-state index in [2.05, 4.69) is 9.71 Å². The maximum absolute atomic E-state index is 13.7. The number of rotatable bonds is 5. The minimum atomic E-state index is -4.08. The van der Waals surface area contributed by atoms with Gasteiger partial charge in [0.05, 0.1) is 17.2 Å². The lowest BCUT2D eigenvalue weighted by atomic mass is 10.2. The number of anilines is 1. The van der Waals surface area contributed by atoms with E-state index in [1.165, 1.54) is 30.5 Å². The number of nitrogens with one attached hydrogen (secondary N) is 1. The Hall–Kier alpha value is -3.18. The van der Waals surface area contributed by atoms with Crippen LogP contribution in [0.2, 0.25) is 0 Å². The molecule has 3 rings (SSSR count). The van der Waals surface area contributed by atoms with Crippen LogP contribution in [0.15, 0.2) is 53.6 Å². The molecule has 0 saturated heterocycles. The summed E-state index contributed by atoms with van der Waals surface area (Å²) in [6.07, 6.45) is 1.54. The molecule has 1 aromatic heterocycles. The normalized spacial score (nSPS) is 11.1. The fraction of sp³-hybridized carbons (Fsp3) is 0.111. The Morgan fingerprint density at radius 3 is 2.77 bits per heavy atom. The Morgan fingerprint density at radius 2 is 2.04 bits per heavy atom. The molecule has 6 nitrogen and oxygen atoms in total. The van der Waals surface area contributed by atoms with E-state index < -0.39 is 15.8 Å². The zero-order valence-corrected chi connectivity index (χ0v) is 14.5. The van der Waals surface area contributed by atoms with Gasteiger partial charge in [0.15, 0.2) is 0 Å². The van der Waals surface area contributed by atoms with Crippen LogP contribution in [0.5, 0.6) is 5.75 Å². The van der Waals surface area contributed by atoms with Crippen molar-refractivity contribution in [2.24, 2.45) is 0 Å². The Bertz CT molecular complexity index is 1120. The number of aromatic nitrogens is 1. The lowest BCUT2D eigenvalue weighted by Gasteiger charge is -2.13. The van der Waals surface area contributed by atoms with Crippen LogP contribution in [0, 0.1) is 17.1 Å². The van der Waals surface area contributed by atoms with Crippen LogP contribution in [-0.4, -0.2) is 20.0 Å². The maximum Gasteiger partial charge on any atom is 0.262 e. The number of ether oxygens (including phenoxy) is 1. The number of halogens is 1. The summed E-state index contributed by atoms with van der Waals surface area (Å²) in [7, 11) is -4.08. The summed E-state index contributed by atoms with van der Waals surface area (Å²) in [6.45, 7) is 2.22. The number of hydrogen-bond acceptors (Lipinski definition) is 5. The Morgan fingerprint density at radius 1 is 1.23 bits per heavy atom. The van der Waals surface area contributed by atoms with Gasteiger partial charge in [-0.15, -0.1) is 0 Å². The number of sulfonamides is 1. The average Bonchev–Trinajstić information content (AvgIpc) is 2.62. The Balaban J connectivity index is 2.13. The standard InChI is InChI=1S/C18H14FN3O3S/c1-2-25-16-8-9-17(12-5-4-10-21-18(12)16)26(23,24)22-15-7-3-6-14(19)13(15)11-20/h3-10,22H,2H2,1H3. The van der Waals surface area contributed by atoms with Crippen molar-refractivity contribution in [1.82, 2.24) is 4.98 Å². The summed E-state index contributed by atoms with van der Waals surface area (Å²) in [4.78, 5) is 4.15. The van der Waals surface area contributed by atoms with Gasteiger partial charge in [-0.1, -0.05) is 6.07 Å². The number of fused-ring (bicyclic) bond motifs is 1. The first-order valence-electron chi connectivity index (χ1n) is 7.70. The molecule has 0 aliphatic carbocycles. The highest BCUT2D eigenvalue weighted by Crippen LogP contribution is 2.31. The van der Waals surface area contributed by atoms with Crippen LogP contribution in [-0.2, 0) is 10.0 Å². The first-order valence-corrected chi connectivity index (χ1v) is 9.18. The topological polar surface area (TPSA) is 92.1 Å². The van der Waals surface area contributed by atoms with Gasteiger partial charge in [0.2, 0.25) is 0 Å². The number of hydrogen-bond donors (Lipinski definition) is 1. The highest BCUT2D eigenvalue weighted by Gasteiger charge is 2.22. The van der Waals surface area contributed by atoms with E-state index in [1.807, 2.05) is 6.92 Å². The molecule has 2 aromatic carbocycles. The van der Waals surface area contributed by atoms with Crippen molar-refractivity contribution in [3.8, 4) is 11.8 Å². The van der Waals surface area contributed by atoms with Crippen molar-refractivity contribution in [2.75, 3.05) is 11.3 Å². The van der Waals surface area contributed by atoms with E-state index in [0.29, 0.717) is 23.3 Å². The molecule has 26 heavy (non-hydrogen) atoms. The van der Waals surface area contributed by atoms with Gasteiger partial charge in [-0.2, -0.15) is 5.26 Å². The maximum atomic E-state index is 13.7. The Labute approximate surface area is 149 Å². The SMILES string of the molecule is CCOc1ccc(S(=O)(=O)Nc2cccc(F)c2C#N)c2cccnc12. The number of pyridine rings is 1. The molecular formula is C18H14FN3O3S. The highest BCUT2D eigenvalue weighted by atomic mass is 32.2. The molecule has 0 atom stereocenters. The Kier molecular flexibility index (Phi) is 4.73. The van der Waals surface area contributed by atoms with Crippen molar-refractivity contribution in [3.63, 3.8) is 0 Å². The fourth-order valence-electron chi connectivity index (χ4n) is 2.55. The van der Waals surface area contributed by atoms with Gasteiger partial charge in [0, 0.05) is 11.6 Å². The molecular weight excluding hydrogens is 357 g/mol. The van der Waals surface area contributed by atoms with Crippen LogP contribution in [0.3, 0.4) is 0 Å². The van der Waals surface area contributed by atoms with Crippen LogP contribution in [0.25, 0.3) is 10.9 Å². The van der Waals surface area contributed by atoms with Crippen molar-refractivity contribution in [3.05, 3.63) is 60.0 Å². The molecule has 0 aliphatic heterocycles. The van der Waals surface area contributed by atoms with Gasteiger partial charge in [-0.3, -0.25) is 9.71 Å². The van der Waals surface area contributed by atoms with E-state index in [9.17, 15) is 12.8 Å². The van der Waals surface area contributed by atoms with Crippen molar-refractivity contribution >= 4 is 26.6 Å². The number of benzene rings is 2. The minimum Gasteiger partial charge on any atom is -0.492 e. The van der Waals surface area contributed by atoms with Crippen LogP contribution in [0.4, 0.5) is 10.1 Å². The summed E-state index contributed by atoms with van der Waals surface area (Å²) in [5.41, 5.74) is -0.0974. The second-order valence-corrected chi connectivity index (χ2v) is 6.92. The molecule has 0 unspecified atom stereocenters. The van der Waals surface area contributed by atoms with Gasteiger partial charge in [0.25, 0.3) is 10.0 Å². The van der Waals surface area contributed by atoms with Crippen LogP contribution >= 0.6 is 0 Å². The molecule has 8 heteroatoms. The molecule has 0 bridgehead atoms. The third-order valence-electron chi connectivity index (χ3n) is 3.65. The average molecular weight is 371 g/mol. The molecule has 0 radical (unpaired) electrons. The summed E-state index contributed by atoms with van der Waals surface area (Å²) in [5.74, 6) is -0.337. The van der Waals surface area contributed by atoms with Gasteiger partial charge in [-0.05, 0) is 43.3 Å². The molecule has 1 N–H and O–H groups in total. The first kappa shape index (κ1) is 17.6. The third-order valence-corrected chi connectivity index (χ3v) is 5.08. The molecule has 0 saturated carbocycles. The highest BCUT2D eigenvalue weighted by molar-refractivity contribution is 7.93. The second-order valence-electron chi connectivity index (χ2n) is 5.27. The lowest BCUT2D eigenvalue weighted by molar-refractivity contribution is 0.343. The van der Waals surface area contributed by atoms with Crippen LogP contribution < -0.4 is 9.46 Å². The van der Waals surface area contributed by atoms with E-state index in [0.717, 1.165) is 6.07 Å². The lowest BCUT2D eigenvalue weighted by Crippen LogP contribution is -2.15. The smallest absolute Gasteiger partial charge is 0.262 e. The van der Waals surface area contributed by atoms with Gasteiger partial charge in [-0.25, -0.2) is 12.8 Å². The number of nitrogens with zero attached hydrogens (tertiary/aromatic N) is 2. The van der Waals surface area contributed by atoms with E-state index in [4.69, 9.17) is 10.00 Å². The predicted molar refractivity (Wildman–Crippen MR) is 94.8 cm³/mol. The summed E-state index contributed by atoms with van der Waals surface area (Å²) in [5, 5.41) is 9.44. The van der Waals surface area contributed by atoms with E-state index >= 15 is 0 Å². The zero-order chi connectivity index (χ0) is 18.7.